The number of para-hydroxylation sites is 1. The van der Waals surface area contributed by atoms with Crippen LogP contribution in [0.3, 0.4) is 0 Å². The SMILES string of the molecule is COC(=O)c1cccc(NC(=O)Nc2ccccc2C(=O)N2CCCCC2)c1. The van der Waals surface area contributed by atoms with E-state index in [1.807, 2.05) is 4.90 Å². The Hall–Kier alpha value is -3.35. The summed E-state index contributed by atoms with van der Waals surface area (Å²) in [7, 11) is 1.30. The minimum absolute atomic E-state index is 0.0803. The minimum atomic E-state index is -0.499. The lowest BCUT2D eigenvalue weighted by molar-refractivity contribution is 0.0600. The first kappa shape index (κ1) is 19.4. The Morgan fingerprint density at radius 1 is 0.929 bits per heavy atom. The first-order valence-electron chi connectivity index (χ1n) is 9.23. The molecule has 0 bridgehead atoms. The van der Waals surface area contributed by atoms with Crippen molar-refractivity contribution in [1.82, 2.24) is 4.90 Å². The van der Waals surface area contributed by atoms with Crippen LogP contribution in [0.5, 0.6) is 0 Å². The summed E-state index contributed by atoms with van der Waals surface area (Å²) in [5.74, 6) is -0.565. The number of urea groups is 1. The zero-order valence-electron chi connectivity index (χ0n) is 15.7. The van der Waals surface area contributed by atoms with Crippen molar-refractivity contribution in [1.29, 1.82) is 0 Å². The highest BCUT2D eigenvalue weighted by atomic mass is 16.5. The molecule has 3 rings (SSSR count). The Morgan fingerprint density at radius 3 is 2.43 bits per heavy atom. The van der Waals surface area contributed by atoms with E-state index in [0.29, 0.717) is 22.5 Å². The van der Waals surface area contributed by atoms with Crippen LogP contribution in [-0.4, -0.2) is 43.0 Å². The fourth-order valence-corrected chi connectivity index (χ4v) is 3.17. The molecule has 28 heavy (non-hydrogen) atoms. The lowest BCUT2D eigenvalue weighted by Gasteiger charge is -2.27. The van der Waals surface area contributed by atoms with Crippen molar-refractivity contribution in [2.45, 2.75) is 19.3 Å². The molecule has 146 valence electrons. The largest absolute Gasteiger partial charge is 0.465 e. The number of carbonyl (C=O) groups excluding carboxylic acids is 3. The number of benzene rings is 2. The van der Waals surface area contributed by atoms with Gasteiger partial charge in [0.1, 0.15) is 0 Å². The van der Waals surface area contributed by atoms with Crippen molar-refractivity contribution in [3.8, 4) is 0 Å². The van der Waals surface area contributed by atoms with E-state index in [1.54, 1.807) is 42.5 Å². The third-order valence-corrected chi connectivity index (χ3v) is 4.59. The van der Waals surface area contributed by atoms with Crippen LogP contribution in [0.25, 0.3) is 0 Å². The number of carbonyl (C=O) groups is 3. The molecule has 7 nitrogen and oxygen atoms in total. The summed E-state index contributed by atoms with van der Waals surface area (Å²) in [5, 5.41) is 5.40. The lowest BCUT2D eigenvalue weighted by Crippen LogP contribution is -2.36. The molecule has 2 aromatic rings. The van der Waals surface area contributed by atoms with Crippen molar-refractivity contribution in [2.75, 3.05) is 30.8 Å². The molecule has 0 aliphatic carbocycles. The smallest absolute Gasteiger partial charge is 0.337 e. The van der Waals surface area contributed by atoms with E-state index in [0.717, 1.165) is 32.4 Å². The number of methoxy groups -OCH3 is 1. The molecule has 0 aromatic heterocycles. The maximum atomic E-state index is 12.8. The van der Waals surface area contributed by atoms with Gasteiger partial charge in [-0.25, -0.2) is 9.59 Å². The highest BCUT2D eigenvalue weighted by Crippen LogP contribution is 2.20. The zero-order chi connectivity index (χ0) is 19.9. The van der Waals surface area contributed by atoms with Gasteiger partial charge in [-0.05, 0) is 49.6 Å². The van der Waals surface area contributed by atoms with Gasteiger partial charge in [-0.15, -0.1) is 0 Å². The first-order valence-corrected chi connectivity index (χ1v) is 9.23. The van der Waals surface area contributed by atoms with Gasteiger partial charge in [0, 0.05) is 18.8 Å². The second-order valence-electron chi connectivity index (χ2n) is 6.55. The molecule has 1 saturated heterocycles. The predicted octanol–water partition coefficient (Wildman–Crippen LogP) is 3.74. The average molecular weight is 381 g/mol. The summed E-state index contributed by atoms with van der Waals surface area (Å²) in [6.45, 7) is 1.47. The molecule has 1 aliphatic rings. The number of nitrogens with zero attached hydrogens (tertiary/aromatic N) is 1. The molecule has 0 spiro atoms. The Labute approximate surface area is 163 Å². The number of likely N-dealkylation sites (tertiary alicyclic amines) is 1. The van der Waals surface area contributed by atoms with Crippen LogP contribution in [0.4, 0.5) is 16.2 Å². The average Bonchev–Trinajstić information content (AvgIpc) is 2.73. The van der Waals surface area contributed by atoms with E-state index in [1.165, 1.54) is 13.2 Å². The van der Waals surface area contributed by atoms with Gasteiger partial charge in [-0.2, -0.15) is 0 Å². The third-order valence-electron chi connectivity index (χ3n) is 4.59. The number of rotatable bonds is 4. The van der Waals surface area contributed by atoms with Crippen molar-refractivity contribution in [2.24, 2.45) is 0 Å². The van der Waals surface area contributed by atoms with Crippen molar-refractivity contribution < 1.29 is 19.1 Å². The highest BCUT2D eigenvalue weighted by Gasteiger charge is 2.21. The van der Waals surface area contributed by atoms with Crippen LogP contribution in [0.15, 0.2) is 48.5 Å². The molecular weight excluding hydrogens is 358 g/mol. The molecule has 0 atom stereocenters. The van der Waals surface area contributed by atoms with Gasteiger partial charge in [0.25, 0.3) is 5.91 Å². The molecule has 0 unspecified atom stereocenters. The summed E-state index contributed by atoms with van der Waals surface area (Å²) in [5.41, 5.74) is 1.68. The van der Waals surface area contributed by atoms with Crippen LogP contribution in [0, 0.1) is 0 Å². The molecular formula is C21H23N3O4. The van der Waals surface area contributed by atoms with Crippen LogP contribution < -0.4 is 10.6 Å². The van der Waals surface area contributed by atoms with E-state index in [4.69, 9.17) is 0 Å². The van der Waals surface area contributed by atoms with E-state index >= 15 is 0 Å². The van der Waals surface area contributed by atoms with Gasteiger partial charge >= 0.3 is 12.0 Å². The van der Waals surface area contributed by atoms with Crippen molar-refractivity contribution in [3.05, 3.63) is 59.7 Å². The number of anilines is 2. The fourth-order valence-electron chi connectivity index (χ4n) is 3.17. The number of amides is 3. The Balaban J connectivity index is 1.71. The second-order valence-corrected chi connectivity index (χ2v) is 6.55. The first-order chi connectivity index (χ1) is 13.6. The van der Waals surface area contributed by atoms with Crippen molar-refractivity contribution in [3.63, 3.8) is 0 Å². The molecule has 1 fully saturated rings. The van der Waals surface area contributed by atoms with Gasteiger partial charge in [-0.3, -0.25) is 4.79 Å². The van der Waals surface area contributed by atoms with Crippen LogP contribution in [-0.2, 0) is 4.74 Å². The molecule has 2 N–H and O–H groups in total. The van der Waals surface area contributed by atoms with Gasteiger partial charge < -0.3 is 20.3 Å². The lowest BCUT2D eigenvalue weighted by atomic mass is 10.1. The topological polar surface area (TPSA) is 87.7 Å². The van der Waals surface area contributed by atoms with E-state index in [-0.39, 0.29) is 5.91 Å². The molecule has 2 aromatic carbocycles. The molecule has 0 saturated carbocycles. The number of hydrogen-bond donors (Lipinski definition) is 2. The van der Waals surface area contributed by atoms with Gasteiger partial charge in [0.05, 0.1) is 23.9 Å². The standard InChI is InChI=1S/C21H23N3O4/c1-28-20(26)15-8-7-9-16(14-15)22-21(27)23-18-11-4-3-10-17(18)19(25)24-12-5-2-6-13-24/h3-4,7-11,14H,2,5-6,12-13H2,1H3,(H2,22,23,27). The van der Waals surface area contributed by atoms with Crippen molar-refractivity contribution >= 4 is 29.3 Å². The number of esters is 1. The summed E-state index contributed by atoms with van der Waals surface area (Å²) in [4.78, 5) is 38.7. The summed E-state index contributed by atoms with van der Waals surface area (Å²) < 4.78 is 4.68. The van der Waals surface area contributed by atoms with Crippen LogP contribution in [0.1, 0.15) is 40.0 Å². The maximum absolute atomic E-state index is 12.8. The monoisotopic (exact) mass is 381 g/mol. The number of hydrogen-bond acceptors (Lipinski definition) is 4. The molecule has 1 heterocycles. The number of nitrogens with one attached hydrogen (secondary N) is 2. The zero-order valence-corrected chi connectivity index (χ0v) is 15.7. The van der Waals surface area contributed by atoms with Gasteiger partial charge in [0.2, 0.25) is 0 Å². The summed E-state index contributed by atoms with van der Waals surface area (Å²) in [6.07, 6.45) is 3.13. The predicted molar refractivity (Wildman–Crippen MR) is 107 cm³/mol. The van der Waals surface area contributed by atoms with Gasteiger partial charge in [-0.1, -0.05) is 18.2 Å². The Bertz CT molecular complexity index is 875. The number of ether oxygens (including phenoxy) is 1. The Kier molecular flexibility index (Phi) is 6.26. The maximum Gasteiger partial charge on any atom is 0.337 e. The number of piperidine rings is 1. The Morgan fingerprint density at radius 2 is 1.68 bits per heavy atom. The summed E-state index contributed by atoms with van der Waals surface area (Å²) >= 11 is 0. The van der Waals surface area contributed by atoms with Gasteiger partial charge in [0.15, 0.2) is 0 Å². The second kappa shape index (κ2) is 9.03. The molecule has 3 amide bonds. The molecule has 0 radical (unpaired) electrons. The fraction of sp³-hybridized carbons (Fsp3) is 0.286. The third kappa shape index (κ3) is 4.68. The quantitative estimate of drug-likeness (QED) is 0.790. The van der Waals surface area contributed by atoms with Crippen LogP contribution in [0.2, 0.25) is 0 Å². The van der Waals surface area contributed by atoms with E-state index in [9.17, 15) is 14.4 Å². The normalized spacial score (nSPS) is 13.5. The van der Waals surface area contributed by atoms with E-state index in [2.05, 4.69) is 15.4 Å². The molecule has 1 aliphatic heterocycles. The van der Waals surface area contributed by atoms with Crippen LogP contribution >= 0.6 is 0 Å². The summed E-state index contributed by atoms with van der Waals surface area (Å²) in [6, 6.07) is 12.9. The highest BCUT2D eigenvalue weighted by molar-refractivity contribution is 6.06. The van der Waals surface area contributed by atoms with E-state index < -0.39 is 12.0 Å². The molecule has 7 heteroatoms. The minimum Gasteiger partial charge on any atom is -0.465 e.